The van der Waals surface area contributed by atoms with Crippen LogP contribution >= 0.6 is 0 Å². The van der Waals surface area contributed by atoms with Gasteiger partial charge in [0.2, 0.25) is 10.0 Å². The van der Waals surface area contributed by atoms with E-state index in [-0.39, 0.29) is 5.75 Å². The van der Waals surface area contributed by atoms with Crippen molar-refractivity contribution in [2.24, 2.45) is 5.92 Å². The first-order valence-corrected chi connectivity index (χ1v) is 8.06. The first-order valence-electron chi connectivity index (χ1n) is 6.45. The summed E-state index contributed by atoms with van der Waals surface area (Å²) in [7, 11) is -3.16. The Morgan fingerprint density at radius 1 is 1.28 bits per heavy atom. The highest BCUT2D eigenvalue weighted by molar-refractivity contribution is 7.92. The van der Waals surface area contributed by atoms with E-state index in [4.69, 9.17) is 0 Å². The van der Waals surface area contributed by atoms with Crippen molar-refractivity contribution in [3.8, 4) is 0 Å². The van der Waals surface area contributed by atoms with Gasteiger partial charge < -0.3 is 0 Å². The number of fused-ring (bicyclic) bond motifs is 1. The molecule has 0 spiro atoms. The Labute approximate surface area is 110 Å². The number of hydrogen-bond acceptors (Lipinski definition) is 2. The summed E-state index contributed by atoms with van der Waals surface area (Å²) in [6, 6.07) is 4.16. The van der Waals surface area contributed by atoms with Crippen molar-refractivity contribution in [3.63, 3.8) is 0 Å². The maximum atomic E-state index is 12.2. The average molecular weight is 267 g/mol. The van der Waals surface area contributed by atoms with E-state index in [1.165, 1.54) is 5.56 Å². The van der Waals surface area contributed by atoms with Crippen molar-refractivity contribution >= 4 is 15.7 Å². The molecule has 0 N–H and O–H groups in total. The predicted octanol–water partition coefficient (Wildman–Crippen LogP) is 2.65. The van der Waals surface area contributed by atoms with Gasteiger partial charge in [0.05, 0.1) is 11.4 Å². The molecule has 1 heterocycles. The van der Waals surface area contributed by atoms with Gasteiger partial charge in [0.25, 0.3) is 0 Å². The Morgan fingerprint density at radius 2 is 1.89 bits per heavy atom. The number of hydrogen-bond donors (Lipinski definition) is 0. The fraction of sp³-hybridized carbons (Fsp3) is 0.571. The van der Waals surface area contributed by atoms with Crippen LogP contribution in [-0.2, 0) is 16.4 Å². The van der Waals surface area contributed by atoms with E-state index in [0.29, 0.717) is 12.5 Å². The fourth-order valence-electron chi connectivity index (χ4n) is 2.50. The molecule has 0 saturated heterocycles. The zero-order valence-electron chi connectivity index (χ0n) is 11.5. The third kappa shape index (κ3) is 2.26. The molecule has 1 aliphatic rings. The Bertz CT molecular complexity index is 563. The molecule has 0 radical (unpaired) electrons. The molecule has 1 atom stereocenters. The van der Waals surface area contributed by atoms with Gasteiger partial charge in [-0.05, 0) is 55.9 Å². The smallest absolute Gasteiger partial charge is 0.234 e. The molecule has 2 rings (SSSR count). The van der Waals surface area contributed by atoms with Crippen molar-refractivity contribution in [2.45, 2.75) is 34.1 Å². The van der Waals surface area contributed by atoms with Crippen LogP contribution in [0.3, 0.4) is 0 Å². The zero-order chi connectivity index (χ0) is 13.5. The molecule has 0 aromatic heterocycles. The summed E-state index contributed by atoms with van der Waals surface area (Å²) in [6.07, 6.45) is 0.964. The minimum atomic E-state index is -3.16. The van der Waals surface area contributed by atoms with Crippen molar-refractivity contribution in [3.05, 3.63) is 28.8 Å². The van der Waals surface area contributed by atoms with E-state index in [9.17, 15) is 8.42 Å². The van der Waals surface area contributed by atoms with Crippen molar-refractivity contribution in [2.75, 3.05) is 16.6 Å². The Hall–Kier alpha value is -1.03. The third-order valence-corrected chi connectivity index (χ3v) is 5.46. The first kappa shape index (κ1) is 13.4. The summed E-state index contributed by atoms with van der Waals surface area (Å²) in [5.74, 6) is 0.535. The fourth-order valence-corrected chi connectivity index (χ4v) is 3.76. The Balaban J connectivity index is 2.58. The maximum Gasteiger partial charge on any atom is 0.234 e. The number of anilines is 1. The molecule has 1 aromatic rings. The topological polar surface area (TPSA) is 37.4 Å². The van der Waals surface area contributed by atoms with Crippen LogP contribution in [0.1, 0.15) is 30.5 Å². The quantitative estimate of drug-likeness (QED) is 0.826. The van der Waals surface area contributed by atoms with Crippen LogP contribution in [0.25, 0.3) is 0 Å². The molecule has 1 aliphatic heterocycles. The largest absolute Gasteiger partial charge is 0.270 e. The average Bonchev–Trinajstić information content (AvgIpc) is 2.30. The highest BCUT2D eigenvalue weighted by atomic mass is 32.2. The highest BCUT2D eigenvalue weighted by Gasteiger charge is 2.29. The van der Waals surface area contributed by atoms with Crippen molar-refractivity contribution in [1.29, 1.82) is 0 Å². The Morgan fingerprint density at radius 3 is 2.50 bits per heavy atom. The standard InChI is InChI=1S/C14H21NO2S/c1-5-18(16,17)15-9-10(2)6-13-7-11(3)12(4)8-14(13)15/h7-8,10H,5-6,9H2,1-4H3. The van der Waals surface area contributed by atoms with Crippen LogP contribution < -0.4 is 4.31 Å². The molecule has 1 aromatic carbocycles. The van der Waals surface area contributed by atoms with E-state index < -0.39 is 10.0 Å². The van der Waals surface area contributed by atoms with Gasteiger partial charge in [-0.3, -0.25) is 4.31 Å². The lowest BCUT2D eigenvalue weighted by atomic mass is 9.92. The van der Waals surface area contributed by atoms with Gasteiger partial charge in [0.15, 0.2) is 0 Å². The van der Waals surface area contributed by atoms with Gasteiger partial charge in [-0.25, -0.2) is 8.42 Å². The lowest BCUT2D eigenvalue weighted by Crippen LogP contribution is -2.40. The van der Waals surface area contributed by atoms with E-state index in [1.54, 1.807) is 11.2 Å². The van der Waals surface area contributed by atoms with Gasteiger partial charge in [-0.15, -0.1) is 0 Å². The summed E-state index contributed by atoms with van der Waals surface area (Å²) >= 11 is 0. The van der Waals surface area contributed by atoms with Crippen LogP contribution in [0.4, 0.5) is 5.69 Å². The summed E-state index contributed by atoms with van der Waals surface area (Å²) in [6.45, 7) is 8.52. The third-order valence-electron chi connectivity index (χ3n) is 3.71. The number of benzene rings is 1. The molecule has 100 valence electrons. The van der Waals surface area contributed by atoms with Crippen LogP contribution in [0.5, 0.6) is 0 Å². The molecule has 0 bridgehead atoms. The summed E-state index contributed by atoms with van der Waals surface area (Å²) in [5, 5.41) is 0. The van der Waals surface area contributed by atoms with Crippen LogP contribution in [0, 0.1) is 19.8 Å². The molecule has 3 nitrogen and oxygen atoms in total. The van der Waals surface area contributed by atoms with Crippen molar-refractivity contribution < 1.29 is 8.42 Å². The molecule has 0 saturated carbocycles. The number of nitrogens with zero attached hydrogens (tertiary/aromatic N) is 1. The van der Waals surface area contributed by atoms with Crippen LogP contribution in [-0.4, -0.2) is 20.7 Å². The minimum Gasteiger partial charge on any atom is -0.270 e. The van der Waals surface area contributed by atoms with Crippen molar-refractivity contribution in [1.82, 2.24) is 0 Å². The number of sulfonamides is 1. The molecule has 1 unspecified atom stereocenters. The molecule has 0 amide bonds. The van der Waals surface area contributed by atoms with Gasteiger partial charge in [0.1, 0.15) is 0 Å². The molecule has 18 heavy (non-hydrogen) atoms. The highest BCUT2D eigenvalue weighted by Crippen LogP contribution is 2.33. The first-order chi connectivity index (χ1) is 8.35. The van der Waals surface area contributed by atoms with Crippen LogP contribution in [0.2, 0.25) is 0 Å². The van der Waals surface area contributed by atoms with E-state index in [0.717, 1.165) is 23.2 Å². The summed E-state index contributed by atoms with van der Waals surface area (Å²) in [4.78, 5) is 0. The number of aryl methyl sites for hydroxylation is 2. The molecular weight excluding hydrogens is 246 g/mol. The molecular formula is C14H21NO2S. The van der Waals surface area contributed by atoms with E-state index >= 15 is 0 Å². The zero-order valence-corrected chi connectivity index (χ0v) is 12.3. The second-order valence-corrected chi connectivity index (χ2v) is 7.49. The number of rotatable bonds is 2. The lowest BCUT2D eigenvalue weighted by molar-refractivity contribution is 0.545. The molecule has 0 aliphatic carbocycles. The van der Waals surface area contributed by atoms with Crippen LogP contribution in [0.15, 0.2) is 12.1 Å². The van der Waals surface area contributed by atoms with Gasteiger partial charge in [0, 0.05) is 6.54 Å². The monoisotopic (exact) mass is 267 g/mol. The molecule has 0 fully saturated rings. The minimum absolute atomic E-state index is 0.159. The second kappa shape index (κ2) is 4.57. The SMILES string of the molecule is CCS(=O)(=O)N1CC(C)Cc2cc(C)c(C)cc21. The van der Waals surface area contributed by atoms with E-state index in [1.807, 2.05) is 13.0 Å². The van der Waals surface area contributed by atoms with E-state index in [2.05, 4.69) is 19.9 Å². The van der Waals surface area contributed by atoms with Gasteiger partial charge in [-0.1, -0.05) is 13.0 Å². The van der Waals surface area contributed by atoms with Gasteiger partial charge >= 0.3 is 0 Å². The molecule has 4 heteroatoms. The maximum absolute atomic E-state index is 12.2. The second-order valence-electron chi connectivity index (χ2n) is 5.31. The van der Waals surface area contributed by atoms with Gasteiger partial charge in [-0.2, -0.15) is 0 Å². The normalized spacial score (nSPS) is 19.8. The lowest BCUT2D eigenvalue weighted by Gasteiger charge is -2.34. The predicted molar refractivity (Wildman–Crippen MR) is 75.6 cm³/mol. The Kier molecular flexibility index (Phi) is 3.41. The summed E-state index contributed by atoms with van der Waals surface area (Å²) < 4.78 is 26.0. The summed E-state index contributed by atoms with van der Waals surface area (Å²) in [5.41, 5.74) is 4.43.